The third-order valence-electron chi connectivity index (χ3n) is 3.31. The minimum Gasteiger partial charge on any atom is -0.480 e. The number of methoxy groups -OCH3 is 2. The van der Waals surface area contributed by atoms with Crippen LogP contribution in [0.25, 0.3) is 0 Å². The number of ether oxygens (including phenoxy) is 2. The monoisotopic (exact) mass is 311 g/mol. The van der Waals surface area contributed by atoms with Crippen LogP contribution in [-0.4, -0.2) is 32.2 Å². The molecule has 0 aliphatic rings. The molecule has 0 fully saturated rings. The number of carbonyl (C=O) groups is 1. The van der Waals surface area contributed by atoms with Crippen LogP contribution in [0.4, 0.5) is 5.82 Å². The molecule has 0 bridgehead atoms. The first kappa shape index (κ1) is 16.3. The van der Waals surface area contributed by atoms with Gasteiger partial charge in [0.25, 0.3) is 0 Å². The second-order valence-corrected chi connectivity index (χ2v) is 4.89. The third kappa shape index (κ3) is 3.77. The van der Waals surface area contributed by atoms with Crippen molar-refractivity contribution in [2.75, 3.05) is 26.2 Å². The second kappa shape index (κ2) is 7.27. The number of anilines is 1. The molecule has 23 heavy (non-hydrogen) atoms. The molecular formula is C17H17N3O3. The number of esters is 1. The summed E-state index contributed by atoms with van der Waals surface area (Å²) in [6, 6.07) is 12.8. The van der Waals surface area contributed by atoms with Gasteiger partial charge in [0.2, 0.25) is 5.88 Å². The van der Waals surface area contributed by atoms with Crippen molar-refractivity contribution < 1.29 is 14.3 Å². The predicted molar refractivity (Wildman–Crippen MR) is 85.4 cm³/mol. The minimum atomic E-state index is -0.495. The normalized spacial score (nSPS) is 9.83. The van der Waals surface area contributed by atoms with Crippen molar-refractivity contribution in [2.24, 2.45) is 0 Å². The summed E-state index contributed by atoms with van der Waals surface area (Å²) in [5, 5.41) is 8.95. The number of benzene rings is 1. The van der Waals surface area contributed by atoms with Gasteiger partial charge in [0.1, 0.15) is 11.4 Å². The smallest absolute Gasteiger partial charge is 0.343 e. The molecule has 1 aromatic carbocycles. The van der Waals surface area contributed by atoms with Crippen LogP contribution in [0.3, 0.4) is 0 Å². The first-order valence-corrected chi connectivity index (χ1v) is 6.92. The SMILES string of the molecule is COC(=O)c1ccc(N(C)Cc2cccc(C#N)c2)nc1OC. The maximum absolute atomic E-state index is 11.6. The largest absolute Gasteiger partial charge is 0.480 e. The Labute approximate surface area is 134 Å². The topological polar surface area (TPSA) is 75.5 Å². The van der Waals surface area contributed by atoms with Gasteiger partial charge in [0.05, 0.1) is 25.9 Å². The quantitative estimate of drug-likeness (QED) is 0.789. The van der Waals surface area contributed by atoms with Gasteiger partial charge < -0.3 is 14.4 Å². The lowest BCUT2D eigenvalue weighted by Crippen LogP contribution is -2.18. The van der Waals surface area contributed by atoms with E-state index in [1.807, 2.05) is 30.1 Å². The first-order chi connectivity index (χ1) is 11.1. The summed E-state index contributed by atoms with van der Waals surface area (Å²) in [5.74, 6) is 0.370. The van der Waals surface area contributed by atoms with Crippen LogP contribution >= 0.6 is 0 Å². The maximum atomic E-state index is 11.6. The highest BCUT2D eigenvalue weighted by Gasteiger charge is 2.16. The van der Waals surface area contributed by atoms with E-state index in [9.17, 15) is 4.79 Å². The van der Waals surface area contributed by atoms with Gasteiger partial charge in [-0.05, 0) is 29.8 Å². The number of rotatable bonds is 5. The Balaban J connectivity index is 2.24. The highest BCUT2D eigenvalue weighted by Crippen LogP contribution is 2.22. The summed E-state index contributed by atoms with van der Waals surface area (Å²) < 4.78 is 9.86. The Bertz CT molecular complexity index is 753. The van der Waals surface area contributed by atoms with E-state index in [-0.39, 0.29) is 11.4 Å². The van der Waals surface area contributed by atoms with Crippen LogP contribution < -0.4 is 9.64 Å². The van der Waals surface area contributed by atoms with Gasteiger partial charge in [-0.3, -0.25) is 0 Å². The Morgan fingerprint density at radius 3 is 2.74 bits per heavy atom. The molecule has 0 amide bonds. The standard InChI is InChI=1S/C17H17N3O3/c1-20(11-13-6-4-5-12(9-13)10-18)15-8-7-14(17(21)23-3)16(19-15)22-2/h4-9H,11H2,1-3H3. The van der Waals surface area contributed by atoms with Gasteiger partial charge >= 0.3 is 5.97 Å². The molecule has 0 atom stereocenters. The number of pyridine rings is 1. The van der Waals surface area contributed by atoms with Gasteiger partial charge in [-0.1, -0.05) is 12.1 Å². The summed E-state index contributed by atoms with van der Waals surface area (Å²) in [7, 11) is 4.64. The molecule has 0 saturated heterocycles. The van der Waals surface area contributed by atoms with Crippen LogP contribution in [0, 0.1) is 11.3 Å². The first-order valence-electron chi connectivity index (χ1n) is 6.92. The van der Waals surface area contributed by atoms with Crippen molar-refractivity contribution in [1.29, 1.82) is 5.26 Å². The van der Waals surface area contributed by atoms with Crippen molar-refractivity contribution in [2.45, 2.75) is 6.54 Å². The lowest BCUT2D eigenvalue weighted by molar-refractivity contribution is 0.0596. The molecular weight excluding hydrogens is 294 g/mol. The van der Waals surface area contributed by atoms with E-state index in [2.05, 4.69) is 11.1 Å². The molecule has 0 spiro atoms. The molecule has 0 saturated carbocycles. The molecule has 0 radical (unpaired) electrons. The molecule has 6 nitrogen and oxygen atoms in total. The number of hydrogen-bond acceptors (Lipinski definition) is 6. The molecule has 2 rings (SSSR count). The summed E-state index contributed by atoms with van der Waals surface area (Å²) >= 11 is 0. The van der Waals surface area contributed by atoms with E-state index in [0.717, 1.165) is 5.56 Å². The average molecular weight is 311 g/mol. The van der Waals surface area contributed by atoms with Crippen LogP contribution in [-0.2, 0) is 11.3 Å². The summed E-state index contributed by atoms with van der Waals surface area (Å²) in [6.45, 7) is 0.573. The number of nitrogens with zero attached hydrogens (tertiary/aromatic N) is 3. The van der Waals surface area contributed by atoms with Gasteiger partial charge in [-0.25, -0.2) is 4.79 Å². The Hall–Kier alpha value is -3.07. The number of hydrogen-bond donors (Lipinski definition) is 0. The fourth-order valence-corrected chi connectivity index (χ4v) is 2.16. The zero-order valence-electron chi connectivity index (χ0n) is 13.2. The minimum absolute atomic E-state index is 0.215. The Morgan fingerprint density at radius 1 is 1.30 bits per heavy atom. The molecule has 0 aliphatic carbocycles. The third-order valence-corrected chi connectivity index (χ3v) is 3.31. The summed E-state index contributed by atoms with van der Waals surface area (Å²) in [5.41, 5.74) is 1.88. The van der Waals surface area contributed by atoms with Crippen LogP contribution in [0.1, 0.15) is 21.5 Å². The molecule has 0 unspecified atom stereocenters. The highest BCUT2D eigenvalue weighted by atomic mass is 16.5. The number of carbonyl (C=O) groups excluding carboxylic acids is 1. The lowest BCUT2D eigenvalue weighted by atomic mass is 10.1. The van der Waals surface area contributed by atoms with Crippen LogP contribution in [0.2, 0.25) is 0 Å². The van der Waals surface area contributed by atoms with E-state index in [4.69, 9.17) is 14.7 Å². The predicted octanol–water partition coefficient (Wildman–Crippen LogP) is 2.38. The van der Waals surface area contributed by atoms with Crippen molar-refractivity contribution >= 4 is 11.8 Å². The van der Waals surface area contributed by atoms with Crippen molar-refractivity contribution in [1.82, 2.24) is 4.98 Å². The van der Waals surface area contributed by atoms with Crippen LogP contribution in [0.15, 0.2) is 36.4 Å². The van der Waals surface area contributed by atoms with Gasteiger partial charge in [-0.2, -0.15) is 10.2 Å². The zero-order valence-corrected chi connectivity index (χ0v) is 13.2. The van der Waals surface area contributed by atoms with Crippen molar-refractivity contribution in [3.63, 3.8) is 0 Å². The van der Waals surface area contributed by atoms with E-state index < -0.39 is 5.97 Å². The molecule has 2 aromatic rings. The van der Waals surface area contributed by atoms with Crippen LogP contribution in [0.5, 0.6) is 5.88 Å². The molecule has 0 N–H and O–H groups in total. The van der Waals surface area contributed by atoms with Gasteiger partial charge in [0, 0.05) is 13.6 Å². The fourth-order valence-electron chi connectivity index (χ4n) is 2.16. The van der Waals surface area contributed by atoms with E-state index >= 15 is 0 Å². The van der Waals surface area contributed by atoms with E-state index in [1.165, 1.54) is 14.2 Å². The lowest BCUT2D eigenvalue weighted by Gasteiger charge is -2.19. The fraction of sp³-hybridized carbons (Fsp3) is 0.235. The molecule has 1 heterocycles. The van der Waals surface area contributed by atoms with Crippen molar-refractivity contribution in [3.05, 3.63) is 53.1 Å². The van der Waals surface area contributed by atoms with Crippen molar-refractivity contribution in [3.8, 4) is 11.9 Å². The average Bonchev–Trinajstić information content (AvgIpc) is 2.60. The Kier molecular flexibility index (Phi) is 5.15. The zero-order chi connectivity index (χ0) is 16.8. The molecule has 6 heteroatoms. The van der Waals surface area contributed by atoms with Gasteiger partial charge in [0.15, 0.2) is 0 Å². The molecule has 0 aliphatic heterocycles. The summed E-state index contributed by atoms with van der Waals surface area (Å²) in [6.07, 6.45) is 0. The molecule has 118 valence electrons. The van der Waals surface area contributed by atoms with Gasteiger partial charge in [-0.15, -0.1) is 0 Å². The summed E-state index contributed by atoms with van der Waals surface area (Å²) in [4.78, 5) is 17.9. The number of aromatic nitrogens is 1. The van der Waals surface area contributed by atoms with E-state index in [0.29, 0.717) is 17.9 Å². The maximum Gasteiger partial charge on any atom is 0.343 e. The van der Waals surface area contributed by atoms with E-state index in [1.54, 1.807) is 18.2 Å². The molecule has 1 aromatic heterocycles. The Morgan fingerprint density at radius 2 is 2.09 bits per heavy atom. The number of nitriles is 1. The second-order valence-electron chi connectivity index (χ2n) is 4.89. The highest BCUT2D eigenvalue weighted by molar-refractivity contribution is 5.92.